The summed E-state index contributed by atoms with van der Waals surface area (Å²) >= 11 is 6.07. The first-order valence-corrected chi connectivity index (χ1v) is 13.0. The second-order valence-electron chi connectivity index (χ2n) is 6.81. The van der Waals surface area contributed by atoms with Crippen LogP contribution in [0.5, 0.6) is 0 Å². The maximum absolute atomic E-state index is 12.7. The molecular weight excluding hydrogens is 424 g/mol. The lowest BCUT2D eigenvalue weighted by Gasteiger charge is -2.19. The van der Waals surface area contributed by atoms with Gasteiger partial charge in [0.25, 0.3) is 0 Å². The van der Waals surface area contributed by atoms with E-state index < -0.39 is 25.8 Å². The Labute approximate surface area is 172 Å². The molecule has 1 N–H and O–H groups in total. The van der Waals surface area contributed by atoms with Crippen molar-refractivity contribution in [1.82, 2.24) is 4.31 Å². The highest BCUT2D eigenvalue weighted by molar-refractivity contribution is 7.92. The van der Waals surface area contributed by atoms with Crippen molar-refractivity contribution in [3.8, 4) is 0 Å². The largest absolute Gasteiger partial charge is 0.326 e. The summed E-state index contributed by atoms with van der Waals surface area (Å²) in [5.41, 5.74) is 0.262. The third-order valence-electron chi connectivity index (χ3n) is 4.96. The second-order valence-corrected chi connectivity index (χ2v) is 11.5. The minimum atomic E-state index is -3.78. The van der Waals surface area contributed by atoms with Gasteiger partial charge in [-0.15, -0.1) is 0 Å². The number of sulfone groups is 1. The van der Waals surface area contributed by atoms with Gasteiger partial charge in [-0.2, -0.15) is 4.31 Å². The van der Waals surface area contributed by atoms with Gasteiger partial charge in [0.05, 0.1) is 16.0 Å². The summed E-state index contributed by atoms with van der Waals surface area (Å²) in [6, 6.07) is 4.20. The van der Waals surface area contributed by atoms with Crippen molar-refractivity contribution in [3.05, 3.63) is 23.2 Å². The van der Waals surface area contributed by atoms with E-state index >= 15 is 0 Å². The Morgan fingerprint density at radius 2 is 1.75 bits per heavy atom. The Morgan fingerprint density at radius 1 is 1.14 bits per heavy atom. The van der Waals surface area contributed by atoms with Crippen LogP contribution in [0.15, 0.2) is 23.1 Å². The highest BCUT2D eigenvalue weighted by Gasteiger charge is 2.29. The third-order valence-corrected chi connectivity index (χ3v) is 9.75. The Balaban J connectivity index is 2.09. The maximum atomic E-state index is 12.7. The van der Waals surface area contributed by atoms with Crippen LogP contribution in [-0.4, -0.2) is 51.1 Å². The van der Waals surface area contributed by atoms with Crippen molar-refractivity contribution in [1.29, 1.82) is 0 Å². The zero-order chi connectivity index (χ0) is 20.9. The zero-order valence-corrected chi connectivity index (χ0v) is 18.5. The van der Waals surface area contributed by atoms with Crippen LogP contribution in [0, 0.1) is 0 Å². The van der Waals surface area contributed by atoms with Crippen molar-refractivity contribution in [2.75, 3.05) is 24.2 Å². The number of benzene rings is 1. The van der Waals surface area contributed by atoms with Crippen LogP contribution in [0.1, 0.15) is 46.0 Å². The van der Waals surface area contributed by atoms with Crippen molar-refractivity contribution in [3.63, 3.8) is 0 Å². The van der Waals surface area contributed by atoms with Crippen LogP contribution in [0.4, 0.5) is 5.69 Å². The van der Waals surface area contributed by atoms with E-state index in [0.717, 1.165) is 12.8 Å². The van der Waals surface area contributed by atoms with Crippen LogP contribution < -0.4 is 5.32 Å². The van der Waals surface area contributed by atoms with Gasteiger partial charge < -0.3 is 5.32 Å². The fourth-order valence-corrected chi connectivity index (χ4v) is 7.17. The predicted octanol–water partition coefficient (Wildman–Crippen LogP) is 3.06. The molecule has 0 aliphatic heterocycles. The molecule has 1 amide bonds. The number of anilines is 1. The zero-order valence-electron chi connectivity index (χ0n) is 16.1. The molecule has 1 saturated carbocycles. The summed E-state index contributed by atoms with van der Waals surface area (Å²) < 4.78 is 51.2. The smallest absolute Gasteiger partial charge is 0.244 e. The third kappa shape index (κ3) is 5.46. The van der Waals surface area contributed by atoms with Crippen molar-refractivity contribution in [2.45, 2.75) is 56.1 Å². The summed E-state index contributed by atoms with van der Waals surface area (Å²) in [6.45, 7) is 4.05. The van der Waals surface area contributed by atoms with E-state index in [2.05, 4.69) is 5.32 Å². The first-order valence-electron chi connectivity index (χ1n) is 9.43. The van der Waals surface area contributed by atoms with Gasteiger partial charge in [0.15, 0.2) is 9.84 Å². The summed E-state index contributed by atoms with van der Waals surface area (Å²) in [4.78, 5) is 12.1. The average Bonchev–Trinajstić information content (AvgIpc) is 3.18. The van der Waals surface area contributed by atoms with E-state index in [1.54, 1.807) is 13.8 Å². The topological polar surface area (TPSA) is 101 Å². The SMILES string of the molecule is CCN(CC)S(=O)(=O)c1cc(NC(=O)CCS(=O)(=O)C2CCCC2)ccc1Cl. The summed E-state index contributed by atoms with van der Waals surface area (Å²) in [6.07, 6.45) is 2.97. The Morgan fingerprint density at radius 3 is 2.32 bits per heavy atom. The van der Waals surface area contributed by atoms with Crippen molar-refractivity contribution >= 4 is 43.1 Å². The molecule has 1 aromatic carbocycles. The number of rotatable bonds is 9. The lowest BCUT2D eigenvalue weighted by atomic mass is 10.3. The van der Waals surface area contributed by atoms with Crippen molar-refractivity contribution < 1.29 is 21.6 Å². The van der Waals surface area contributed by atoms with Crippen LogP contribution in [0.25, 0.3) is 0 Å². The Hall–Kier alpha value is -1.16. The minimum Gasteiger partial charge on any atom is -0.326 e. The highest BCUT2D eigenvalue weighted by Crippen LogP contribution is 2.28. The number of halogens is 1. The van der Waals surface area contributed by atoms with E-state index in [9.17, 15) is 21.6 Å². The van der Waals surface area contributed by atoms with E-state index in [1.165, 1.54) is 22.5 Å². The summed E-state index contributed by atoms with van der Waals surface area (Å²) in [5, 5.41) is 2.29. The molecule has 1 fully saturated rings. The van der Waals surface area contributed by atoms with Gasteiger partial charge in [0.1, 0.15) is 4.90 Å². The molecule has 10 heteroatoms. The summed E-state index contributed by atoms with van der Waals surface area (Å²) in [5.74, 6) is -0.683. The van der Waals surface area contributed by atoms with Gasteiger partial charge in [-0.3, -0.25) is 4.79 Å². The van der Waals surface area contributed by atoms with Crippen LogP contribution in [0.2, 0.25) is 5.02 Å². The van der Waals surface area contributed by atoms with E-state index in [4.69, 9.17) is 11.6 Å². The monoisotopic (exact) mass is 450 g/mol. The Bertz CT molecular complexity index is 906. The number of carbonyl (C=O) groups is 1. The van der Waals surface area contributed by atoms with Gasteiger partial charge in [-0.1, -0.05) is 38.3 Å². The molecule has 1 aliphatic carbocycles. The average molecular weight is 451 g/mol. The molecule has 0 aromatic heterocycles. The molecule has 0 heterocycles. The number of amides is 1. The minimum absolute atomic E-state index is 0.0636. The van der Waals surface area contributed by atoms with E-state index in [-0.39, 0.29) is 33.0 Å². The normalized spacial score (nSPS) is 15.9. The number of nitrogens with one attached hydrogen (secondary N) is 1. The molecule has 0 saturated heterocycles. The number of hydrogen-bond donors (Lipinski definition) is 1. The molecule has 0 bridgehead atoms. The second kappa shape index (κ2) is 9.56. The van der Waals surface area contributed by atoms with E-state index in [0.29, 0.717) is 25.9 Å². The number of carbonyl (C=O) groups excluding carboxylic acids is 1. The molecule has 0 unspecified atom stereocenters. The van der Waals surface area contributed by atoms with Gasteiger partial charge in [-0.25, -0.2) is 16.8 Å². The quantitative estimate of drug-likeness (QED) is 0.623. The molecule has 1 aromatic rings. The van der Waals surface area contributed by atoms with E-state index in [1.807, 2.05) is 0 Å². The van der Waals surface area contributed by atoms with Gasteiger partial charge in [-0.05, 0) is 31.0 Å². The molecule has 0 spiro atoms. The number of sulfonamides is 1. The lowest BCUT2D eigenvalue weighted by molar-refractivity contribution is -0.115. The van der Waals surface area contributed by atoms with Crippen LogP contribution >= 0.6 is 11.6 Å². The van der Waals surface area contributed by atoms with Gasteiger partial charge in [0.2, 0.25) is 15.9 Å². The standard InChI is InChI=1S/C18H27ClN2O5S2/c1-3-21(4-2)28(25,26)17-13-14(9-10-16(17)19)20-18(22)11-12-27(23,24)15-7-5-6-8-15/h9-10,13,15H,3-8,11-12H2,1-2H3,(H,20,22). The van der Waals surface area contributed by atoms with Gasteiger partial charge in [0, 0.05) is 25.2 Å². The lowest BCUT2D eigenvalue weighted by Crippen LogP contribution is -2.31. The maximum Gasteiger partial charge on any atom is 0.244 e. The highest BCUT2D eigenvalue weighted by atomic mass is 35.5. The molecule has 1 aliphatic rings. The van der Waals surface area contributed by atoms with Crippen LogP contribution in [-0.2, 0) is 24.7 Å². The number of nitrogens with zero attached hydrogens (tertiary/aromatic N) is 1. The first kappa shape index (κ1) is 23.1. The predicted molar refractivity (Wildman–Crippen MR) is 111 cm³/mol. The molecular formula is C18H27ClN2O5S2. The number of hydrogen-bond acceptors (Lipinski definition) is 5. The van der Waals surface area contributed by atoms with Crippen LogP contribution in [0.3, 0.4) is 0 Å². The Kier molecular flexibility index (Phi) is 7.89. The molecule has 0 radical (unpaired) electrons. The summed E-state index contributed by atoms with van der Waals surface area (Å²) in [7, 11) is -7.07. The molecule has 7 nitrogen and oxygen atoms in total. The fraction of sp³-hybridized carbons (Fsp3) is 0.611. The first-order chi connectivity index (χ1) is 13.1. The molecule has 0 atom stereocenters. The fourth-order valence-electron chi connectivity index (χ4n) is 3.35. The molecule has 28 heavy (non-hydrogen) atoms. The van der Waals surface area contributed by atoms with Crippen molar-refractivity contribution in [2.24, 2.45) is 0 Å². The molecule has 2 rings (SSSR count). The molecule has 158 valence electrons. The van der Waals surface area contributed by atoms with Gasteiger partial charge >= 0.3 is 0 Å².